The first-order chi connectivity index (χ1) is 21.6. The van der Waals surface area contributed by atoms with Gasteiger partial charge in [0.2, 0.25) is 0 Å². The molecule has 0 spiro atoms. The number of anilines is 1. The number of carbonyl (C=O) groups is 2. The van der Waals surface area contributed by atoms with E-state index in [2.05, 4.69) is 23.0 Å². The maximum Gasteiger partial charge on any atom is 0.312 e. The quantitative estimate of drug-likeness (QED) is 0.0761. The Kier molecular flexibility index (Phi) is 13.0. The molecule has 0 aliphatic carbocycles. The Hall–Kier alpha value is -4.16. The number of ether oxygens (including phenoxy) is 2. The van der Waals surface area contributed by atoms with Gasteiger partial charge >= 0.3 is 11.9 Å². The first-order valence-electron chi connectivity index (χ1n) is 15.0. The van der Waals surface area contributed by atoms with Gasteiger partial charge in [0.25, 0.3) is 5.69 Å². The summed E-state index contributed by atoms with van der Waals surface area (Å²) in [7, 11) is 0. The van der Waals surface area contributed by atoms with E-state index in [9.17, 15) is 19.7 Å². The van der Waals surface area contributed by atoms with Crippen LogP contribution in [0.3, 0.4) is 0 Å². The van der Waals surface area contributed by atoms with Gasteiger partial charge in [-0.15, -0.1) is 22.7 Å². The Morgan fingerprint density at radius 1 is 0.761 bits per heavy atom. The van der Waals surface area contributed by atoms with Crippen LogP contribution < -0.4 is 5.73 Å². The van der Waals surface area contributed by atoms with Crippen LogP contribution in [0.15, 0.2) is 35.0 Å². The van der Waals surface area contributed by atoms with Gasteiger partial charge in [-0.05, 0) is 95.3 Å². The summed E-state index contributed by atoms with van der Waals surface area (Å²) in [6.45, 7) is 15.0. The molecular weight excluding hydrogens is 625 g/mol. The van der Waals surface area contributed by atoms with E-state index in [1.807, 2.05) is 64.4 Å². The third-order valence-corrected chi connectivity index (χ3v) is 8.64. The molecule has 246 valence electrons. The van der Waals surface area contributed by atoms with Crippen LogP contribution in [0.25, 0.3) is 0 Å². The standard InChI is InChI=1S/C17H20N2O4S.C17H22N2O2S/c1-10(2)23-17(20)8-14-9-24-16(18-14)7-13-5-12(4)15(19(21)22)6-11(13)3;1-10(2)21-17(20)8-14-9-22-16(19-14)7-13-5-12(4)15(18)6-11(13)3/h5-6,9-10H,7-8H2,1-4H3;5-6,9-10H,7-8,18H2,1-4H3. The van der Waals surface area contributed by atoms with Crippen LogP contribution in [0.5, 0.6) is 0 Å². The van der Waals surface area contributed by atoms with Crippen LogP contribution in [-0.2, 0) is 44.7 Å². The van der Waals surface area contributed by atoms with E-state index >= 15 is 0 Å². The summed E-state index contributed by atoms with van der Waals surface area (Å²) in [6, 6.07) is 7.54. The fourth-order valence-electron chi connectivity index (χ4n) is 4.59. The van der Waals surface area contributed by atoms with Crippen LogP contribution in [0.1, 0.15) is 82.5 Å². The van der Waals surface area contributed by atoms with Crippen molar-refractivity contribution in [3.8, 4) is 0 Å². The topological polar surface area (TPSA) is 148 Å². The highest BCUT2D eigenvalue weighted by Gasteiger charge is 2.16. The highest BCUT2D eigenvalue weighted by molar-refractivity contribution is 7.10. The minimum Gasteiger partial charge on any atom is -0.463 e. The van der Waals surface area contributed by atoms with Gasteiger partial charge in [0, 0.05) is 40.9 Å². The molecule has 0 unspecified atom stereocenters. The average molecular weight is 667 g/mol. The van der Waals surface area contributed by atoms with Gasteiger partial charge in [0.1, 0.15) is 0 Å². The van der Waals surface area contributed by atoms with E-state index in [0.717, 1.165) is 44.5 Å². The monoisotopic (exact) mass is 666 g/mol. The van der Waals surface area contributed by atoms with Gasteiger partial charge < -0.3 is 15.2 Å². The lowest BCUT2D eigenvalue weighted by molar-refractivity contribution is -0.385. The van der Waals surface area contributed by atoms with Crippen LogP contribution in [0, 0.1) is 37.8 Å². The number of thiazole rings is 2. The van der Waals surface area contributed by atoms with Crippen molar-refractivity contribution >= 4 is 46.0 Å². The van der Waals surface area contributed by atoms with E-state index in [4.69, 9.17) is 15.2 Å². The number of nitrogens with zero attached hydrogens (tertiary/aromatic N) is 3. The van der Waals surface area contributed by atoms with Gasteiger partial charge in [-0.3, -0.25) is 19.7 Å². The van der Waals surface area contributed by atoms with E-state index in [0.29, 0.717) is 17.7 Å². The first-order valence-corrected chi connectivity index (χ1v) is 16.7. The van der Waals surface area contributed by atoms with Gasteiger partial charge in [-0.1, -0.05) is 6.07 Å². The first kappa shape index (κ1) is 36.3. The molecule has 0 radical (unpaired) electrons. The number of carbonyl (C=O) groups excluding carboxylic acids is 2. The van der Waals surface area contributed by atoms with Gasteiger partial charge in [0.15, 0.2) is 0 Å². The minimum absolute atomic E-state index is 0.0917. The molecule has 0 aliphatic rings. The number of hydrogen-bond acceptors (Lipinski definition) is 11. The fourth-order valence-corrected chi connectivity index (χ4v) is 6.22. The molecule has 0 atom stereocenters. The molecule has 2 N–H and O–H groups in total. The summed E-state index contributed by atoms with van der Waals surface area (Å²) in [5.74, 6) is -0.518. The van der Waals surface area contributed by atoms with Crippen molar-refractivity contribution in [2.24, 2.45) is 0 Å². The Morgan fingerprint density at radius 2 is 1.20 bits per heavy atom. The number of nitrogens with two attached hydrogens (primary N) is 1. The second-order valence-electron chi connectivity index (χ2n) is 11.7. The lowest BCUT2D eigenvalue weighted by Gasteiger charge is -2.08. The molecule has 4 rings (SSSR count). The Balaban J connectivity index is 0.000000251. The average Bonchev–Trinajstić information content (AvgIpc) is 3.57. The summed E-state index contributed by atoms with van der Waals surface area (Å²) >= 11 is 3.05. The summed E-state index contributed by atoms with van der Waals surface area (Å²) < 4.78 is 10.3. The smallest absolute Gasteiger partial charge is 0.312 e. The Labute approximate surface area is 278 Å². The van der Waals surface area contributed by atoms with Crippen molar-refractivity contribution < 1.29 is 24.0 Å². The molecule has 2 heterocycles. The lowest BCUT2D eigenvalue weighted by Crippen LogP contribution is -2.13. The second kappa shape index (κ2) is 16.4. The van der Waals surface area contributed by atoms with Crippen molar-refractivity contribution in [3.05, 3.63) is 99.9 Å². The van der Waals surface area contributed by atoms with E-state index in [1.165, 1.54) is 22.5 Å². The zero-order valence-electron chi connectivity index (χ0n) is 27.6. The molecule has 0 saturated carbocycles. The lowest BCUT2D eigenvalue weighted by atomic mass is 10.0. The Bertz CT molecular complexity index is 1690. The van der Waals surface area contributed by atoms with Crippen molar-refractivity contribution in [2.45, 2.75) is 93.3 Å². The number of rotatable bonds is 11. The van der Waals surface area contributed by atoms with Crippen molar-refractivity contribution in [3.63, 3.8) is 0 Å². The van der Waals surface area contributed by atoms with Crippen LogP contribution in [-0.4, -0.2) is 39.0 Å². The molecule has 0 aliphatic heterocycles. The Morgan fingerprint density at radius 3 is 1.63 bits per heavy atom. The molecule has 0 fully saturated rings. The highest BCUT2D eigenvalue weighted by atomic mass is 32.1. The number of hydrogen-bond donors (Lipinski definition) is 1. The third kappa shape index (κ3) is 11.0. The number of aromatic nitrogens is 2. The van der Waals surface area contributed by atoms with Crippen LogP contribution in [0.2, 0.25) is 0 Å². The van der Waals surface area contributed by atoms with E-state index in [-0.39, 0.29) is 47.6 Å². The number of benzene rings is 2. The molecule has 0 saturated heterocycles. The largest absolute Gasteiger partial charge is 0.463 e. The molecule has 2 aromatic carbocycles. The van der Waals surface area contributed by atoms with Gasteiger partial charge in [0.05, 0.1) is 51.4 Å². The minimum atomic E-state index is -0.367. The molecular formula is C34H42N4O6S2. The number of aryl methyl sites for hydroxylation is 4. The van der Waals surface area contributed by atoms with Crippen molar-refractivity contribution in [1.29, 1.82) is 0 Å². The molecule has 46 heavy (non-hydrogen) atoms. The molecule has 10 nitrogen and oxygen atoms in total. The van der Waals surface area contributed by atoms with Crippen molar-refractivity contribution in [2.75, 3.05) is 5.73 Å². The van der Waals surface area contributed by atoms with Crippen molar-refractivity contribution in [1.82, 2.24) is 9.97 Å². The zero-order valence-corrected chi connectivity index (χ0v) is 29.3. The van der Waals surface area contributed by atoms with E-state index in [1.54, 1.807) is 24.3 Å². The summed E-state index contributed by atoms with van der Waals surface area (Å²) in [5, 5.41) is 16.6. The third-order valence-electron chi connectivity index (χ3n) is 6.84. The molecule has 2 aromatic heterocycles. The number of esters is 2. The predicted octanol–water partition coefficient (Wildman–Crippen LogP) is 7.18. The fraction of sp³-hybridized carbons (Fsp3) is 0.412. The number of nitrogen functional groups attached to an aromatic ring is 1. The summed E-state index contributed by atoms with van der Waals surface area (Å²) in [6.07, 6.45) is 1.51. The van der Waals surface area contributed by atoms with Gasteiger partial charge in [-0.2, -0.15) is 0 Å². The molecule has 12 heteroatoms. The number of nitro groups is 1. The SMILES string of the molecule is Cc1cc(Cc2nc(CC(=O)OC(C)C)cs2)c(C)cc1N.Cc1cc([N+](=O)[O-])c(C)cc1Cc1nc(CC(=O)OC(C)C)cs1. The molecule has 4 aromatic rings. The zero-order chi connectivity index (χ0) is 34.1. The summed E-state index contributed by atoms with van der Waals surface area (Å²) in [5.41, 5.74) is 14.3. The number of nitro benzene ring substituents is 1. The normalized spacial score (nSPS) is 10.9. The second-order valence-corrected chi connectivity index (χ2v) is 13.6. The molecule has 0 amide bonds. The van der Waals surface area contributed by atoms with Crippen LogP contribution in [0.4, 0.5) is 11.4 Å². The van der Waals surface area contributed by atoms with E-state index < -0.39 is 0 Å². The maximum absolute atomic E-state index is 11.7. The van der Waals surface area contributed by atoms with Gasteiger partial charge in [-0.25, -0.2) is 9.97 Å². The highest BCUT2D eigenvalue weighted by Crippen LogP contribution is 2.26. The maximum atomic E-state index is 11.7. The molecule has 0 bridgehead atoms. The van der Waals surface area contributed by atoms with Crippen LogP contribution >= 0.6 is 22.7 Å². The summed E-state index contributed by atoms with van der Waals surface area (Å²) in [4.78, 5) is 42.9. The predicted molar refractivity (Wildman–Crippen MR) is 183 cm³/mol.